The molecule has 35 heavy (non-hydrogen) atoms. The van der Waals surface area contributed by atoms with Crippen molar-refractivity contribution < 1.29 is 4.79 Å². The summed E-state index contributed by atoms with van der Waals surface area (Å²) in [6.45, 7) is 6.58. The number of carbonyl (C=O) groups excluding carboxylic acids is 1. The lowest BCUT2D eigenvalue weighted by atomic mass is 9.85. The summed E-state index contributed by atoms with van der Waals surface area (Å²) >= 11 is 3.98. The molecule has 4 nitrogen and oxygen atoms in total. The molecule has 2 aliphatic rings. The summed E-state index contributed by atoms with van der Waals surface area (Å²) in [5.74, 6) is 0.667. The summed E-state index contributed by atoms with van der Waals surface area (Å²) in [6, 6.07) is 21.3. The number of amides is 1. The molecule has 1 aromatic heterocycles. The molecule has 1 unspecified atom stereocenters. The number of aromatic nitrogens is 1. The largest absolute Gasteiger partial charge is 0.356 e. The number of nitrogens with zero attached hydrogens (tertiary/aromatic N) is 2. The van der Waals surface area contributed by atoms with E-state index in [1.807, 2.05) is 18.2 Å². The maximum atomic E-state index is 13.9. The van der Waals surface area contributed by atoms with E-state index in [-0.39, 0.29) is 17.4 Å². The summed E-state index contributed by atoms with van der Waals surface area (Å²) < 4.78 is 3.49. The number of hydrogen-bond acceptors (Lipinski definition) is 3. The molecule has 1 amide bonds. The third-order valence-electron chi connectivity index (χ3n) is 7.27. The minimum atomic E-state index is -0.0959. The number of para-hydroxylation sites is 1. The van der Waals surface area contributed by atoms with Crippen LogP contribution in [0.5, 0.6) is 0 Å². The van der Waals surface area contributed by atoms with Crippen LogP contribution < -0.4 is 5.32 Å². The first kappa shape index (κ1) is 24.5. The van der Waals surface area contributed by atoms with E-state index in [2.05, 4.69) is 107 Å². The van der Waals surface area contributed by atoms with Gasteiger partial charge in [0.15, 0.2) is 5.50 Å². The van der Waals surface area contributed by atoms with E-state index in [9.17, 15) is 4.79 Å². The highest BCUT2D eigenvalue weighted by Crippen LogP contribution is 2.42. The highest BCUT2D eigenvalue weighted by atomic mass is 127. The minimum Gasteiger partial charge on any atom is -0.356 e. The first-order chi connectivity index (χ1) is 16.9. The van der Waals surface area contributed by atoms with Gasteiger partial charge in [0, 0.05) is 32.4 Å². The molecule has 2 fully saturated rings. The lowest BCUT2D eigenvalue weighted by molar-refractivity contribution is -0.129. The number of nitrogens with one attached hydrogen (secondary N) is 1. The summed E-state index contributed by atoms with van der Waals surface area (Å²) in [7, 11) is 0. The number of hydrogen-bond donors (Lipinski definition) is 1. The van der Waals surface area contributed by atoms with E-state index in [1.165, 1.54) is 28.5 Å². The Kier molecular flexibility index (Phi) is 7.30. The van der Waals surface area contributed by atoms with Crippen LogP contribution in [0, 0.1) is 23.3 Å². The fourth-order valence-electron chi connectivity index (χ4n) is 5.43. The van der Waals surface area contributed by atoms with Crippen molar-refractivity contribution in [3.63, 3.8) is 0 Å². The highest BCUT2D eigenvalue weighted by molar-refractivity contribution is 14.1. The molecule has 182 valence electrons. The molecule has 2 aromatic carbocycles. The molecule has 0 radical (unpaired) electrons. The van der Waals surface area contributed by atoms with Gasteiger partial charge in [0.2, 0.25) is 0 Å². The zero-order chi connectivity index (χ0) is 24.5. The van der Waals surface area contributed by atoms with Gasteiger partial charge >= 0.3 is 0 Å². The number of halogens is 1. The molecule has 0 spiro atoms. The Hall–Kier alpha value is -2.19. The van der Waals surface area contributed by atoms with Gasteiger partial charge in [-0.1, -0.05) is 49.7 Å². The van der Waals surface area contributed by atoms with Gasteiger partial charge in [0.05, 0.1) is 4.91 Å². The van der Waals surface area contributed by atoms with Crippen LogP contribution in [0.1, 0.15) is 49.6 Å². The number of anilines is 1. The zero-order valence-corrected chi connectivity index (χ0v) is 23.5. The third-order valence-corrected chi connectivity index (χ3v) is 9.10. The Morgan fingerprint density at radius 3 is 2.46 bits per heavy atom. The standard InChI is InChI=1S/C29H32IN3OS/c1-19-9-7-8-12-26(19)33-28(34)27(35-29(33)31-24-10-5-4-6-11-24)18-22-17-20(2)32(21(22)3)25-15-13-23(30)14-16-25/h4-6,10-11,13-19,26,29,31H,7-9,12H2,1-3H3/b27-18-/t19-,26-,29?/m0/s1. The second-order valence-corrected chi connectivity index (χ2v) is 12.0. The van der Waals surface area contributed by atoms with Gasteiger partial charge in [-0.25, -0.2) is 0 Å². The lowest BCUT2D eigenvalue weighted by Gasteiger charge is -2.39. The predicted molar refractivity (Wildman–Crippen MR) is 156 cm³/mol. The molecule has 1 aliphatic heterocycles. The number of thioether (sulfide) groups is 1. The smallest absolute Gasteiger partial charge is 0.262 e. The molecular formula is C29H32IN3OS. The normalized spacial score (nSPS) is 23.8. The van der Waals surface area contributed by atoms with E-state index in [4.69, 9.17) is 0 Å². The topological polar surface area (TPSA) is 37.3 Å². The second-order valence-electron chi connectivity index (χ2n) is 9.67. The monoisotopic (exact) mass is 597 g/mol. The minimum absolute atomic E-state index is 0.0959. The Morgan fingerprint density at radius 1 is 1.03 bits per heavy atom. The molecular weight excluding hydrogens is 565 g/mol. The maximum absolute atomic E-state index is 13.9. The van der Waals surface area contributed by atoms with Gasteiger partial charge in [-0.3, -0.25) is 4.79 Å². The molecule has 6 heteroatoms. The first-order valence-corrected chi connectivity index (χ1v) is 14.4. The summed E-state index contributed by atoms with van der Waals surface area (Å²) in [5.41, 5.74) is 5.53. The average Bonchev–Trinajstić information content (AvgIpc) is 3.30. The van der Waals surface area contributed by atoms with Crippen molar-refractivity contribution in [2.24, 2.45) is 5.92 Å². The van der Waals surface area contributed by atoms with Crippen molar-refractivity contribution in [3.05, 3.63) is 86.1 Å². The Bertz CT molecular complexity index is 1230. The van der Waals surface area contributed by atoms with Crippen LogP contribution in [0.25, 0.3) is 11.8 Å². The van der Waals surface area contributed by atoms with Gasteiger partial charge in [-0.15, -0.1) is 0 Å². The fourth-order valence-corrected chi connectivity index (χ4v) is 6.99. The first-order valence-electron chi connectivity index (χ1n) is 12.4. The van der Waals surface area contributed by atoms with Crippen molar-refractivity contribution in [1.82, 2.24) is 9.47 Å². The molecule has 1 saturated carbocycles. The number of benzene rings is 2. The number of aryl methyl sites for hydroxylation is 1. The number of rotatable bonds is 5. The summed E-state index contributed by atoms with van der Waals surface area (Å²) in [4.78, 5) is 16.8. The van der Waals surface area contributed by atoms with Gasteiger partial charge in [0.1, 0.15) is 0 Å². The lowest BCUT2D eigenvalue weighted by Crippen LogP contribution is -2.48. The van der Waals surface area contributed by atoms with Crippen LogP contribution in [0.15, 0.2) is 65.6 Å². The van der Waals surface area contributed by atoms with Gasteiger partial charge in [-0.2, -0.15) is 0 Å². The van der Waals surface area contributed by atoms with E-state index in [0.29, 0.717) is 5.92 Å². The molecule has 1 saturated heterocycles. The van der Waals surface area contributed by atoms with Crippen LogP contribution in [0.3, 0.4) is 0 Å². The highest BCUT2D eigenvalue weighted by Gasteiger charge is 2.43. The van der Waals surface area contributed by atoms with Crippen LogP contribution >= 0.6 is 34.4 Å². The molecule has 0 bridgehead atoms. The van der Waals surface area contributed by atoms with E-state index >= 15 is 0 Å². The molecule has 1 N–H and O–H groups in total. The SMILES string of the molecule is Cc1cc(/C=C2\SC(Nc3ccccc3)N([C@H]3CCCC[C@@H]3C)C2=O)c(C)n1-c1ccc(I)cc1. The predicted octanol–water partition coefficient (Wildman–Crippen LogP) is 7.59. The fraction of sp³-hybridized carbons (Fsp3) is 0.345. The van der Waals surface area contributed by atoms with Gasteiger partial charge < -0.3 is 14.8 Å². The summed E-state index contributed by atoms with van der Waals surface area (Å²) in [6.07, 6.45) is 6.82. The zero-order valence-electron chi connectivity index (χ0n) is 20.5. The van der Waals surface area contributed by atoms with Crippen molar-refractivity contribution in [3.8, 4) is 5.69 Å². The van der Waals surface area contributed by atoms with Crippen molar-refractivity contribution in [1.29, 1.82) is 0 Å². The van der Waals surface area contributed by atoms with Gasteiger partial charge in [0.25, 0.3) is 5.91 Å². The van der Waals surface area contributed by atoms with E-state index in [0.717, 1.165) is 34.0 Å². The molecule has 3 atom stereocenters. The van der Waals surface area contributed by atoms with Crippen molar-refractivity contribution in [2.75, 3.05) is 5.32 Å². The Balaban J connectivity index is 1.49. The molecule has 1 aliphatic carbocycles. The van der Waals surface area contributed by atoms with Crippen LogP contribution in [-0.4, -0.2) is 26.9 Å². The quantitative estimate of drug-likeness (QED) is 0.243. The van der Waals surface area contributed by atoms with Crippen LogP contribution in [-0.2, 0) is 4.79 Å². The Morgan fingerprint density at radius 2 is 1.74 bits per heavy atom. The average molecular weight is 598 g/mol. The van der Waals surface area contributed by atoms with Crippen molar-refractivity contribution in [2.45, 2.75) is 58.0 Å². The number of carbonyl (C=O) groups is 1. The Labute approximate surface area is 226 Å². The van der Waals surface area contributed by atoms with Crippen molar-refractivity contribution >= 4 is 52.0 Å². The molecule has 5 rings (SSSR count). The second kappa shape index (κ2) is 10.4. The molecule has 2 heterocycles. The molecule has 3 aromatic rings. The van der Waals surface area contributed by atoms with Gasteiger partial charge in [-0.05, 0) is 109 Å². The van der Waals surface area contributed by atoms with Crippen LogP contribution in [0.4, 0.5) is 5.69 Å². The van der Waals surface area contributed by atoms with Crippen LogP contribution in [0.2, 0.25) is 0 Å². The van der Waals surface area contributed by atoms with E-state index in [1.54, 1.807) is 11.8 Å². The third kappa shape index (κ3) is 5.05. The maximum Gasteiger partial charge on any atom is 0.262 e. The summed E-state index contributed by atoms with van der Waals surface area (Å²) in [5, 5.41) is 3.64. The van der Waals surface area contributed by atoms with E-state index < -0.39 is 0 Å².